The minimum absolute atomic E-state index is 0.0771. The molecule has 1 heterocycles. The maximum absolute atomic E-state index is 12.9. The van der Waals surface area contributed by atoms with Gasteiger partial charge in [0.2, 0.25) is 5.91 Å². The van der Waals surface area contributed by atoms with E-state index in [0.717, 1.165) is 22.1 Å². The van der Waals surface area contributed by atoms with Crippen LogP contribution in [-0.4, -0.2) is 21.1 Å². The molecule has 0 bridgehead atoms. The number of carbonyl (C=O) groups is 1. The summed E-state index contributed by atoms with van der Waals surface area (Å²) in [7, 11) is 0. The molecule has 0 saturated heterocycles. The minimum atomic E-state index is -0.283. The second-order valence-electron chi connectivity index (χ2n) is 5.96. The van der Waals surface area contributed by atoms with Crippen LogP contribution in [0.3, 0.4) is 0 Å². The van der Waals surface area contributed by atoms with Gasteiger partial charge in [-0.2, -0.15) is 0 Å². The highest BCUT2D eigenvalue weighted by molar-refractivity contribution is 8.00. The summed E-state index contributed by atoms with van der Waals surface area (Å²) in [6.07, 6.45) is 0. The highest BCUT2D eigenvalue weighted by Crippen LogP contribution is 2.23. The molecule has 0 aliphatic heterocycles. The van der Waals surface area contributed by atoms with Gasteiger partial charge in [0.25, 0.3) is 0 Å². The summed E-state index contributed by atoms with van der Waals surface area (Å²) < 4.78 is 12.9. The van der Waals surface area contributed by atoms with E-state index >= 15 is 0 Å². The van der Waals surface area contributed by atoms with Gasteiger partial charge in [-0.15, -0.1) is 0 Å². The number of nitrogens with zero attached hydrogens (tertiary/aromatic N) is 2. The number of rotatable bonds is 6. The maximum Gasteiger partial charge on any atom is 0.233 e. The van der Waals surface area contributed by atoms with Crippen LogP contribution in [-0.2, 0) is 11.3 Å². The smallest absolute Gasteiger partial charge is 0.233 e. The van der Waals surface area contributed by atoms with Gasteiger partial charge >= 0.3 is 0 Å². The highest BCUT2D eigenvalue weighted by atomic mass is 32.2. The lowest BCUT2D eigenvalue weighted by Crippen LogP contribution is -2.30. The van der Waals surface area contributed by atoms with Crippen LogP contribution >= 0.6 is 11.8 Å². The van der Waals surface area contributed by atoms with Crippen molar-refractivity contribution < 1.29 is 9.18 Å². The van der Waals surface area contributed by atoms with E-state index in [1.54, 1.807) is 12.1 Å². The van der Waals surface area contributed by atoms with Gasteiger partial charge in [-0.3, -0.25) is 4.79 Å². The molecule has 1 aromatic heterocycles. The highest BCUT2D eigenvalue weighted by Gasteiger charge is 2.16. The Bertz CT molecular complexity index is 704. The van der Waals surface area contributed by atoms with E-state index < -0.39 is 0 Å². The molecule has 2 aromatic rings. The Morgan fingerprint density at radius 2 is 1.88 bits per heavy atom. The van der Waals surface area contributed by atoms with Gasteiger partial charge in [0.05, 0.1) is 5.25 Å². The number of aromatic nitrogens is 2. The second-order valence-corrected chi connectivity index (χ2v) is 7.33. The van der Waals surface area contributed by atoms with Crippen LogP contribution in [0.15, 0.2) is 35.4 Å². The van der Waals surface area contributed by atoms with Gasteiger partial charge in [0.15, 0.2) is 0 Å². The monoisotopic (exact) mass is 347 g/mol. The standard InChI is InChI=1S/C18H22FN3OS/c1-11(2)17-21-12(3)9-16(22-17)24-13(4)18(23)20-10-14-5-7-15(19)8-6-14/h5-9,11,13H,10H2,1-4H3,(H,20,23). The SMILES string of the molecule is Cc1cc(SC(C)C(=O)NCc2ccc(F)cc2)nc(C(C)C)n1. The number of nitrogens with one attached hydrogen (secondary N) is 1. The third-order valence-electron chi connectivity index (χ3n) is 3.41. The molecule has 1 N–H and O–H groups in total. The van der Waals surface area contributed by atoms with Gasteiger partial charge in [0, 0.05) is 18.2 Å². The Labute approximate surface area is 146 Å². The van der Waals surface area contributed by atoms with E-state index in [9.17, 15) is 9.18 Å². The minimum Gasteiger partial charge on any atom is -0.351 e. The zero-order valence-corrected chi connectivity index (χ0v) is 15.2. The maximum atomic E-state index is 12.9. The number of halogens is 1. The lowest BCUT2D eigenvalue weighted by molar-refractivity contribution is -0.120. The average molecular weight is 347 g/mol. The van der Waals surface area contributed by atoms with Gasteiger partial charge in [-0.1, -0.05) is 37.7 Å². The summed E-state index contributed by atoms with van der Waals surface area (Å²) in [4.78, 5) is 21.2. The van der Waals surface area contributed by atoms with Gasteiger partial charge < -0.3 is 5.32 Å². The van der Waals surface area contributed by atoms with Crippen LogP contribution in [0, 0.1) is 12.7 Å². The molecule has 4 nitrogen and oxygen atoms in total. The van der Waals surface area contributed by atoms with Crippen molar-refractivity contribution in [1.29, 1.82) is 0 Å². The van der Waals surface area contributed by atoms with E-state index in [-0.39, 0.29) is 22.9 Å². The van der Waals surface area contributed by atoms with Crippen LogP contribution in [0.1, 0.15) is 43.8 Å². The first kappa shape index (κ1) is 18.4. The first-order valence-electron chi connectivity index (χ1n) is 7.89. The van der Waals surface area contributed by atoms with E-state index in [4.69, 9.17) is 0 Å². The first-order valence-corrected chi connectivity index (χ1v) is 8.77. The Kier molecular flexibility index (Phi) is 6.31. The molecule has 0 spiro atoms. The molecule has 1 atom stereocenters. The molecular weight excluding hydrogens is 325 g/mol. The summed E-state index contributed by atoms with van der Waals surface area (Å²) in [6.45, 7) is 8.24. The largest absolute Gasteiger partial charge is 0.351 e. The van der Waals surface area contributed by atoms with Crippen LogP contribution < -0.4 is 5.32 Å². The summed E-state index contributed by atoms with van der Waals surface area (Å²) in [5.74, 6) is 0.670. The third-order valence-corrected chi connectivity index (χ3v) is 4.43. The van der Waals surface area contributed by atoms with Crippen molar-refractivity contribution in [3.63, 3.8) is 0 Å². The molecule has 0 aliphatic rings. The Hall–Kier alpha value is -1.95. The number of aryl methyl sites for hydroxylation is 1. The number of amides is 1. The molecule has 128 valence electrons. The molecule has 0 fully saturated rings. The topological polar surface area (TPSA) is 54.9 Å². The number of benzene rings is 1. The zero-order chi connectivity index (χ0) is 17.7. The third kappa shape index (κ3) is 5.30. The van der Waals surface area contributed by atoms with Crippen LogP contribution in [0.5, 0.6) is 0 Å². The average Bonchev–Trinajstić information content (AvgIpc) is 2.53. The fourth-order valence-corrected chi connectivity index (χ4v) is 2.99. The van der Waals surface area contributed by atoms with Crippen molar-refractivity contribution in [1.82, 2.24) is 15.3 Å². The van der Waals surface area contributed by atoms with Crippen molar-refractivity contribution in [3.8, 4) is 0 Å². The van der Waals surface area contributed by atoms with Gasteiger partial charge in [-0.05, 0) is 37.6 Å². The Morgan fingerprint density at radius 1 is 1.21 bits per heavy atom. The number of thioether (sulfide) groups is 1. The first-order chi connectivity index (χ1) is 11.3. The predicted molar refractivity (Wildman–Crippen MR) is 94.4 cm³/mol. The molecule has 0 aliphatic carbocycles. The van der Waals surface area contributed by atoms with Crippen LogP contribution in [0.2, 0.25) is 0 Å². The van der Waals surface area contributed by atoms with Crippen molar-refractivity contribution in [2.24, 2.45) is 0 Å². The molecule has 2 rings (SSSR count). The van der Waals surface area contributed by atoms with Crippen molar-refractivity contribution in [3.05, 3.63) is 53.2 Å². The van der Waals surface area contributed by atoms with E-state index in [1.807, 2.05) is 33.8 Å². The number of carbonyl (C=O) groups excluding carboxylic acids is 1. The summed E-state index contributed by atoms with van der Waals surface area (Å²) >= 11 is 1.41. The number of hydrogen-bond donors (Lipinski definition) is 1. The quantitative estimate of drug-likeness (QED) is 0.637. The molecule has 6 heteroatoms. The molecule has 24 heavy (non-hydrogen) atoms. The lowest BCUT2D eigenvalue weighted by Gasteiger charge is -2.13. The van der Waals surface area contributed by atoms with E-state index in [2.05, 4.69) is 15.3 Å². The molecule has 1 amide bonds. The summed E-state index contributed by atoms with van der Waals surface area (Å²) in [5.41, 5.74) is 1.76. The fraction of sp³-hybridized carbons (Fsp3) is 0.389. The molecule has 0 saturated carbocycles. The van der Waals surface area contributed by atoms with Gasteiger partial charge in [0.1, 0.15) is 16.7 Å². The van der Waals surface area contributed by atoms with Crippen LogP contribution in [0.25, 0.3) is 0 Å². The van der Waals surface area contributed by atoms with Crippen molar-refractivity contribution in [2.45, 2.75) is 50.4 Å². The predicted octanol–water partition coefficient (Wildman–Crippen LogP) is 3.84. The molecule has 0 radical (unpaired) electrons. The molecule has 1 aromatic carbocycles. The normalized spacial score (nSPS) is 12.2. The molecular formula is C18H22FN3OS. The zero-order valence-electron chi connectivity index (χ0n) is 14.3. The number of hydrogen-bond acceptors (Lipinski definition) is 4. The summed E-state index contributed by atoms with van der Waals surface area (Å²) in [6, 6.07) is 7.99. The summed E-state index contributed by atoms with van der Waals surface area (Å²) in [5, 5.41) is 3.39. The fourth-order valence-electron chi connectivity index (χ4n) is 2.05. The van der Waals surface area contributed by atoms with Gasteiger partial charge in [-0.25, -0.2) is 14.4 Å². The Morgan fingerprint density at radius 3 is 2.50 bits per heavy atom. The second kappa shape index (κ2) is 8.24. The van der Waals surface area contributed by atoms with E-state index in [0.29, 0.717) is 6.54 Å². The lowest BCUT2D eigenvalue weighted by atomic mass is 10.2. The van der Waals surface area contributed by atoms with Crippen LogP contribution in [0.4, 0.5) is 4.39 Å². The Balaban J connectivity index is 1.95. The van der Waals surface area contributed by atoms with Crippen molar-refractivity contribution in [2.75, 3.05) is 0 Å². The van der Waals surface area contributed by atoms with E-state index in [1.165, 1.54) is 23.9 Å². The molecule has 1 unspecified atom stereocenters. The van der Waals surface area contributed by atoms with Crippen molar-refractivity contribution >= 4 is 17.7 Å².